The lowest BCUT2D eigenvalue weighted by Gasteiger charge is -2.24. The van der Waals surface area contributed by atoms with E-state index in [1.54, 1.807) is 11.9 Å². The van der Waals surface area contributed by atoms with Crippen LogP contribution in [-0.2, 0) is 4.79 Å². The Hall–Kier alpha value is -1.26. The molecule has 0 unspecified atom stereocenters. The van der Waals surface area contributed by atoms with Gasteiger partial charge in [0, 0.05) is 20.1 Å². The second-order valence-corrected chi connectivity index (χ2v) is 5.09. The van der Waals surface area contributed by atoms with Gasteiger partial charge in [0.05, 0.1) is 6.42 Å². The number of nitrogens with one attached hydrogen (secondary N) is 1. The van der Waals surface area contributed by atoms with Crippen molar-refractivity contribution in [3.63, 3.8) is 0 Å². The third-order valence-electron chi connectivity index (χ3n) is 3.56. The molecule has 5 heteroatoms. The molecule has 0 atom stereocenters. The van der Waals surface area contributed by atoms with Gasteiger partial charge in [-0.25, -0.2) is 4.79 Å². The Balaban J connectivity index is 2.12. The molecular weight excluding hydrogens is 232 g/mol. The highest BCUT2D eigenvalue weighted by Gasteiger charge is 2.15. The number of carbonyl (C=O) groups excluding carboxylic acids is 1. The largest absolute Gasteiger partial charge is 0.481 e. The summed E-state index contributed by atoms with van der Waals surface area (Å²) in [5.41, 5.74) is 0. The van der Waals surface area contributed by atoms with Crippen LogP contribution in [0.5, 0.6) is 0 Å². The number of rotatable bonds is 6. The summed E-state index contributed by atoms with van der Waals surface area (Å²) in [4.78, 5) is 23.6. The Bertz CT molecular complexity index is 275. The highest BCUT2D eigenvalue weighted by molar-refractivity contribution is 5.74. The third-order valence-corrected chi connectivity index (χ3v) is 3.56. The summed E-state index contributed by atoms with van der Waals surface area (Å²) in [6.07, 6.45) is 7.59. The van der Waals surface area contributed by atoms with Gasteiger partial charge in [-0.2, -0.15) is 0 Å². The van der Waals surface area contributed by atoms with E-state index in [2.05, 4.69) is 5.32 Å². The molecule has 0 aromatic carbocycles. The van der Waals surface area contributed by atoms with Gasteiger partial charge in [-0.1, -0.05) is 32.1 Å². The van der Waals surface area contributed by atoms with Gasteiger partial charge < -0.3 is 15.3 Å². The standard InChI is InChI=1S/C13H24N2O3/c1-15(13(18)14-9-7-12(16)17)10-8-11-5-3-2-4-6-11/h11H,2-10H2,1H3,(H,14,18)(H,16,17). The van der Waals surface area contributed by atoms with Crippen molar-refractivity contribution >= 4 is 12.0 Å². The molecule has 1 saturated carbocycles. The first kappa shape index (κ1) is 14.8. The predicted molar refractivity (Wildman–Crippen MR) is 69.5 cm³/mol. The van der Waals surface area contributed by atoms with E-state index in [4.69, 9.17) is 5.11 Å². The molecule has 0 spiro atoms. The number of urea groups is 1. The van der Waals surface area contributed by atoms with E-state index in [0.29, 0.717) is 0 Å². The smallest absolute Gasteiger partial charge is 0.317 e. The number of nitrogens with zero attached hydrogens (tertiary/aromatic N) is 1. The van der Waals surface area contributed by atoms with Gasteiger partial charge in [-0.05, 0) is 12.3 Å². The second kappa shape index (κ2) is 7.95. The summed E-state index contributed by atoms with van der Waals surface area (Å²) in [5.74, 6) is -0.131. The molecule has 18 heavy (non-hydrogen) atoms. The van der Waals surface area contributed by atoms with E-state index in [-0.39, 0.29) is 19.0 Å². The molecule has 5 nitrogen and oxygen atoms in total. The Labute approximate surface area is 109 Å². The molecule has 1 aliphatic carbocycles. The maximum atomic E-state index is 11.6. The van der Waals surface area contributed by atoms with E-state index in [0.717, 1.165) is 18.9 Å². The number of aliphatic carboxylic acids is 1. The van der Waals surface area contributed by atoms with E-state index in [1.807, 2.05) is 0 Å². The topological polar surface area (TPSA) is 69.6 Å². The van der Waals surface area contributed by atoms with Gasteiger partial charge in [0.15, 0.2) is 0 Å². The minimum absolute atomic E-state index is 0.0256. The van der Waals surface area contributed by atoms with Crippen molar-refractivity contribution in [1.82, 2.24) is 10.2 Å². The molecule has 0 aliphatic heterocycles. The van der Waals surface area contributed by atoms with Crippen molar-refractivity contribution in [2.45, 2.75) is 44.9 Å². The van der Waals surface area contributed by atoms with Crippen LogP contribution in [0.2, 0.25) is 0 Å². The van der Waals surface area contributed by atoms with Gasteiger partial charge in [0.1, 0.15) is 0 Å². The summed E-state index contributed by atoms with van der Waals surface area (Å²) < 4.78 is 0. The maximum absolute atomic E-state index is 11.6. The number of hydrogen-bond donors (Lipinski definition) is 2. The van der Waals surface area contributed by atoms with Crippen LogP contribution < -0.4 is 5.32 Å². The zero-order chi connectivity index (χ0) is 13.4. The Kier molecular flexibility index (Phi) is 6.54. The van der Waals surface area contributed by atoms with E-state index in [9.17, 15) is 9.59 Å². The summed E-state index contributed by atoms with van der Waals surface area (Å²) >= 11 is 0. The van der Waals surface area contributed by atoms with Crippen molar-refractivity contribution in [2.24, 2.45) is 5.92 Å². The van der Waals surface area contributed by atoms with Crippen molar-refractivity contribution in [3.05, 3.63) is 0 Å². The van der Waals surface area contributed by atoms with Crippen LogP contribution in [0.25, 0.3) is 0 Å². The fourth-order valence-electron chi connectivity index (χ4n) is 2.36. The number of amides is 2. The van der Waals surface area contributed by atoms with Crippen molar-refractivity contribution in [3.8, 4) is 0 Å². The first-order valence-corrected chi connectivity index (χ1v) is 6.80. The minimum atomic E-state index is -0.889. The minimum Gasteiger partial charge on any atom is -0.481 e. The van der Waals surface area contributed by atoms with Crippen LogP contribution in [0.4, 0.5) is 4.79 Å². The van der Waals surface area contributed by atoms with Gasteiger partial charge in [0.25, 0.3) is 0 Å². The van der Waals surface area contributed by atoms with Crippen LogP contribution in [0.15, 0.2) is 0 Å². The highest BCUT2D eigenvalue weighted by atomic mass is 16.4. The van der Waals surface area contributed by atoms with Gasteiger partial charge in [-0.15, -0.1) is 0 Å². The molecule has 2 amide bonds. The average molecular weight is 256 g/mol. The quantitative estimate of drug-likeness (QED) is 0.764. The maximum Gasteiger partial charge on any atom is 0.317 e. The van der Waals surface area contributed by atoms with Gasteiger partial charge >= 0.3 is 12.0 Å². The lowest BCUT2D eigenvalue weighted by Crippen LogP contribution is -2.39. The Morgan fingerprint density at radius 1 is 1.28 bits per heavy atom. The van der Waals surface area contributed by atoms with E-state index >= 15 is 0 Å². The highest BCUT2D eigenvalue weighted by Crippen LogP contribution is 2.26. The SMILES string of the molecule is CN(CCC1CCCCC1)C(=O)NCCC(=O)O. The summed E-state index contributed by atoms with van der Waals surface area (Å²) in [5, 5.41) is 11.1. The molecule has 0 saturated heterocycles. The molecule has 1 aliphatic rings. The average Bonchev–Trinajstić information content (AvgIpc) is 2.36. The van der Waals surface area contributed by atoms with E-state index < -0.39 is 5.97 Å². The molecule has 0 aromatic heterocycles. The normalized spacial score (nSPS) is 16.3. The lowest BCUT2D eigenvalue weighted by atomic mass is 9.87. The molecule has 0 heterocycles. The van der Waals surface area contributed by atoms with Crippen molar-refractivity contribution < 1.29 is 14.7 Å². The van der Waals surface area contributed by atoms with Crippen LogP contribution in [0, 0.1) is 5.92 Å². The number of carboxylic acid groups (broad SMARTS) is 1. The lowest BCUT2D eigenvalue weighted by molar-refractivity contribution is -0.136. The molecule has 1 fully saturated rings. The van der Waals surface area contributed by atoms with Crippen LogP contribution in [-0.4, -0.2) is 42.1 Å². The first-order chi connectivity index (χ1) is 8.59. The Morgan fingerprint density at radius 2 is 1.94 bits per heavy atom. The third kappa shape index (κ3) is 5.89. The molecule has 0 aromatic rings. The first-order valence-electron chi connectivity index (χ1n) is 6.80. The van der Waals surface area contributed by atoms with Crippen LogP contribution in [0.1, 0.15) is 44.9 Å². The van der Waals surface area contributed by atoms with E-state index in [1.165, 1.54) is 32.1 Å². The van der Waals surface area contributed by atoms with Gasteiger partial charge in [-0.3, -0.25) is 4.79 Å². The molecule has 0 radical (unpaired) electrons. The fourth-order valence-corrected chi connectivity index (χ4v) is 2.36. The van der Waals surface area contributed by atoms with Crippen LogP contribution in [0.3, 0.4) is 0 Å². The molecular formula is C13H24N2O3. The Morgan fingerprint density at radius 3 is 2.56 bits per heavy atom. The van der Waals surface area contributed by atoms with Gasteiger partial charge in [0.2, 0.25) is 0 Å². The zero-order valence-corrected chi connectivity index (χ0v) is 11.2. The summed E-state index contributed by atoms with van der Waals surface area (Å²) in [6, 6.07) is -0.174. The monoisotopic (exact) mass is 256 g/mol. The zero-order valence-electron chi connectivity index (χ0n) is 11.2. The summed E-state index contributed by atoms with van der Waals surface area (Å²) in [7, 11) is 1.76. The van der Waals surface area contributed by atoms with Crippen molar-refractivity contribution in [1.29, 1.82) is 0 Å². The number of carbonyl (C=O) groups is 2. The molecule has 0 bridgehead atoms. The fraction of sp³-hybridized carbons (Fsp3) is 0.846. The van der Waals surface area contributed by atoms with Crippen molar-refractivity contribution in [2.75, 3.05) is 20.1 Å². The number of hydrogen-bond acceptors (Lipinski definition) is 2. The predicted octanol–water partition coefficient (Wildman–Crippen LogP) is 2.07. The molecule has 2 N–H and O–H groups in total. The molecule has 1 rings (SSSR count). The van der Waals surface area contributed by atoms with Crippen LogP contribution >= 0.6 is 0 Å². The second-order valence-electron chi connectivity index (χ2n) is 5.09. The number of carboxylic acids is 1. The molecule has 104 valence electrons. The summed E-state index contributed by atoms with van der Waals surface area (Å²) in [6.45, 7) is 0.950.